The molecule has 1 aromatic rings. The summed E-state index contributed by atoms with van der Waals surface area (Å²) in [5.74, 6) is 0.660. The summed E-state index contributed by atoms with van der Waals surface area (Å²) in [6.07, 6.45) is 10.8. The fourth-order valence-corrected chi connectivity index (χ4v) is 7.58. The summed E-state index contributed by atoms with van der Waals surface area (Å²) < 4.78 is 36.5. The van der Waals surface area contributed by atoms with Crippen LogP contribution in [-0.2, 0) is 23.5 Å². The first-order valence-corrected chi connectivity index (χ1v) is 21.1. The van der Waals surface area contributed by atoms with Crippen molar-refractivity contribution in [2.24, 2.45) is 5.92 Å². The number of hydrogen-bond donors (Lipinski definition) is 0. The normalized spacial score (nSPS) is 19.3. The Hall–Kier alpha value is -2.82. The van der Waals surface area contributed by atoms with Crippen molar-refractivity contribution in [3.05, 3.63) is 43.0 Å². The molecule has 1 saturated carbocycles. The number of esters is 1. The van der Waals surface area contributed by atoms with Crippen LogP contribution in [0.1, 0.15) is 97.0 Å². The minimum absolute atomic E-state index is 0.0435. The Bertz CT molecular complexity index is 1240. The van der Waals surface area contributed by atoms with E-state index in [0.29, 0.717) is 49.8 Å². The summed E-state index contributed by atoms with van der Waals surface area (Å²) >= 11 is 0. The Morgan fingerprint density at radius 3 is 2.24 bits per heavy atom. The number of amides is 1. The van der Waals surface area contributed by atoms with Crippen molar-refractivity contribution in [2.75, 3.05) is 40.6 Å². The Labute approximate surface area is 296 Å². The van der Waals surface area contributed by atoms with Gasteiger partial charge in [-0.05, 0) is 80.8 Å². The van der Waals surface area contributed by atoms with Crippen LogP contribution in [-0.4, -0.2) is 83.9 Å². The van der Waals surface area contributed by atoms with Gasteiger partial charge in [0.25, 0.3) is 0 Å². The van der Waals surface area contributed by atoms with Gasteiger partial charge < -0.3 is 33.0 Å². The van der Waals surface area contributed by atoms with Gasteiger partial charge in [-0.15, -0.1) is 13.2 Å². The standard InChI is InChI=1S/C39H63NO8Si/c1-11-18-28(3)48-38(42)32-21-16-17-22-40(32)37(41)35(29-19-14-13-15-20-29)30-24-33(43-7)36(44-8)34(25-30)46-26-31(45-23-12-2)27-47-49(9,10)39(4,5)6/h11-12,24-25,28-29,31-32,35H,1-2,13-23,26-27H2,3-10H3/t28-,31+,32+,35+/m1/s1. The number of rotatable bonds is 18. The molecule has 10 heteroatoms. The van der Waals surface area contributed by atoms with E-state index in [-0.39, 0.29) is 41.6 Å². The Kier molecular flexibility index (Phi) is 15.7. The molecule has 0 N–H and O–H groups in total. The van der Waals surface area contributed by atoms with E-state index in [9.17, 15) is 9.59 Å². The van der Waals surface area contributed by atoms with Gasteiger partial charge in [-0.2, -0.15) is 0 Å². The predicted octanol–water partition coefficient (Wildman–Crippen LogP) is 8.23. The Balaban J connectivity index is 1.98. The first-order chi connectivity index (χ1) is 23.3. The largest absolute Gasteiger partial charge is 0.493 e. The molecule has 0 bridgehead atoms. The fourth-order valence-electron chi connectivity index (χ4n) is 6.55. The van der Waals surface area contributed by atoms with Gasteiger partial charge in [0, 0.05) is 13.0 Å². The SMILES string of the molecule is C=CCO[C@@H](COc1cc([C@@H](C(=O)N2CCCC[C@H]2C(=O)O[C@H](C)CC=C)C2CCCCC2)cc(OC)c1OC)CO[Si](C)(C)C(C)(C)C. The highest BCUT2D eigenvalue weighted by Crippen LogP contribution is 2.45. The van der Waals surface area contributed by atoms with Crippen LogP contribution in [0.5, 0.6) is 17.2 Å². The summed E-state index contributed by atoms with van der Waals surface area (Å²) in [4.78, 5) is 30.0. The molecule has 2 fully saturated rings. The second-order valence-electron chi connectivity index (χ2n) is 15.1. The molecule has 4 atom stereocenters. The topological polar surface area (TPSA) is 92.8 Å². The summed E-state index contributed by atoms with van der Waals surface area (Å²) in [6, 6.07) is 3.21. The lowest BCUT2D eigenvalue weighted by molar-refractivity contribution is -0.161. The van der Waals surface area contributed by atoms with E-state index in [2.05, 4.69) is 47.0 Å². The van der Waals surface area contributed by atoms with Crippen LogP contribution in [0.4, 0.5) is 0 Å². The van der Waals surface area contributed by atoms with Crippen LogP contribution in [0.2, 0.25) is 18.1 Å². The van der Waals surface area contributed by atoms with Gasteiger partial charge in [0.1, 0.15) is 24.9 Å². The van der Waals surface area contributed by atoms with Crippen LogP contribution >= 0.6 is 0 Å². The zero-order valence-electron chi connectivity index (χ0n) is 31.5. The van der Waals surface area contributed by atoms with Crippen LogP contribution in [0.3, 0.4) is 0 Å². The lowest BCUT2D eigenvalue weighted by atomic mass is 9.75. The summed E-state index contributed by atoms with van der Waals surface area (Å²) in [5, 5.41) is 0.0520. The van der Waals surface area contributed by atoms with Crippen LogP contribution < -0.4 is 14.2 Å². The second-order valence-corrected chi connectivity index (χ2v) is 19.9. The summed E-state index contributed by atoms with van der Waals surface area (Å²) in [5.41, 5.74) is 0.795. The van der Waals surface area contributed by atoms with Crippen molar-refractivity contribution in [1.29, 1.82) is 0 Å². The van der Waals surface area contributed by atoms with Crippen LogP contribution in [0.25, 0.3) is 0 Å². The molecular weight excluding hydrogens is 639 g/mol. The molecular formula is C39H63NO8Si. The molecule has 1 saturated heterocycles. The number of carbonyl (C=O) groups is 2. The van der Waals surface area contributed by atoms with Gasteiger partial charge in [0.15, 0.2) is 19.8 Å². The van der Waals surface area contributed by atoms with Crippen molar-refractivity contribution >= 4 is 20.2 Å². The molecule has 1 heterocycles. The van der Waals surface area contributed by atoms with Crippen molar-refractivity contribution in [1.82, 2.24) is 4.90 Å². The summed E-state index contributed by atoms with van der Waals surface area (Å²) in [7, 11) is 1.14. The maximum atomic E-state index is 14.8. The van der Waals surface area contributed by atoms with Crippen molar-refractivity contribution in [2.45, 2.75) is 128 Å². The number of hydrogen-bond acceptors (Lipinski definition) is 8. The molecule has 2 aliphatic rings. The molecule has 0 aromatic heterocycles. The van der Waals surface area contributed by atoms with Crippen molar-refractivity contribution in [3.8, 4) is 17.2 Å². The average Bonchev–Trinajstić information content (AvgIpc) is 3.07. The maximum Gasteiger partial charge on any atom is 0.329 e. The predicted molar refractivity (Wildman–Crippen MR) is 197 cm³/mol. The van der Waals surface area contributed by atoms with Gasteiger partial charge in [-0.3, -0.25) is 4.79 Å². The van der Waals surface area contributed by atoms with Gasteiger partial charge in [0.05, 0.1) is 33.4 Å². The quantitative estimate of drug-likeness (QED) is 0.0859. The third-order valence-corrected chi connectivity index (χ3v) is 14.9. The minimum Gasteiger partial charge on any atom is -0.493 e. The van der Waals surface area contributed by atoms with Gasteiger partial charge in [-0.1, -0.05) is 52.2 Å². The van der Waals surface area contributed by atoms with Crippen LogP contribution in [0.15, 0.2) is 37.4 Å². The third-order valence-electron chi connectivity index (χ3n) is 10.4. The maximum absolute atomic E-state index is 14.8. The second kappa shape index (κ2) is 19.0. The van der Waals surface area contributed by atoms with Gasteiger partial charge >= 0.3 is 5.97 Å². The number of carbonyl (C=O) groups excluding carboxylic acids is 2. The van der Waals surface area contributed by atoms with Crippen LogP contribution in [0, 0.1) is 5.92 Å². The Morgan fingerprint density at radius 2 is 1.63 bits per heavy atom. The highest BCUT2D eigenvalue weighted by Gasteiger charge is 2.41. The first-order valence-electron chi connectivity index (χ1n) is 18.1. The molecule has 276 valence electrons. The molecule has 0 unspecified atom stereocenters. The monoisotopic (exact) mass is 701 g/mol. The molecule has 0 radical (unpaired) electrons. The van der Waals surface area contributed by atoms with Gasteiger partial charge in [-0.25, -0.2) is 4.79 Å². The van der Waals surface area contributed by atoms with E-state index >= 15 is 0 Å². The molecule has 1 aromatic carbocycles. The van der Waals surface area contributed by atoms with Gasteiger partial charge in [0.2, 0.25) is 11.7 Å². The molecule has 0 spiro atoms. The number of likely N-dealkylation sites (tertiary alicyclic amines) is 1. The van der Waals surface area contributed by atoms with E-state index < -0.39 is 20.3 Å². The number of ether oxygens (including phenoxy) is 5. The van der Waals surface area contributed by atoms with E-state index in [1.165, 1.54) is 0 Å². The molecule has 1 aliphatic heterocycles. The Morgan fingerprint density at radius 1 is 0.959 bits per heavy atom. The number of piperidine rings is 1. The molecule has 3 rings (SSSR count). The highest BCUT2D eigenvalue weighted by molar-refractivity contribution is 6.74. The molecule has 1 amide bonds. The number of benzene rings is 1. The minimum atomic E-state index is -2.03. The zero-order chi connectivity index (χ0) is 36.2. The number of nitrogens with zero attached hydrogens (tertiary/aromatic N) is 1. The van der Waals surface area contributed by atoms with E-state index in [0.717, 1.165) is 50.5 Å². The third kappa shape index (κ3) is 11.1. The summed E-state index contributed by atoms with van der Waals surface area (Å²) in [6.45, 7) is 22.0. The van der Waals surface area contributed by atoms with Crippen molar-refractivity contribution in [3.63, 3.8) is 0 Å². The van der Waals surface area contributed by atoms with Crippen molar-refractivity contribution < 1.29 is 37.7 Å². The van der Waals surface area contributed by atoms with E-state index in [4.69, 9.17) is 28.1 Å². The molecule has 49 heavy (non-hydrogen) atoms. The van der Waals surface area contributed by atoms with E-state index in [1.54, 1.807) is 31.3 Å². The smallest absolute Gasteiger partial charge is 0.329 e. The molecule has 9 nitrogen and oxygen atoms in total. The lowest BCUT2D eigenvalue weighted by Crippen LogP contribution is -2.51. The fraction of sp³-hybridized carbons (Fsp3) is 0.692. The first kappa shape index (κ1) is 40.6. The average molecular weight is 702 g/mol. The van der Waals surface area contributed by atoms with E-state index in [1.807, 2.05) is 19.1 Å². The zero-order valence-corrected chi connectivity index (χ0v) is 32.5. The molecule has 1 aliphatic carbocycles. The lowest BCUT2D eigenvalue weighted by Gasteiger charge is -2.39. The highest BCUT2D eigenvalue weighted by atomic mass is 28.4. The number of methoxy groups -OCH3 is 2.